The zero-order valence-electron chi connectivity index (χ0n) is 9.95. The molecule has 2 aromatic carbocycles. The summed E-state index contributed by atoms with van der Waals surface area (Å²) in [6.07, 6.45) is 0. The van der Waals surface area contributed by atoms with Crippen LogP contribution in [0.1, 0.15) is 10.4 Å². The second-order valence-electron chi connectivity index (χ2n) is 3.80. The Bertz CT molecular complexity index is 686. The second kappa shape index (κ2) is 5.70. The Hall–Kier alpha value is -2.41. The third-order valence-corrected chi connectivity index (χ3v) is 2.92. The maximum atomic E-state index is 11.0. The van der Waals surface area contributed by atoms with E-state index < -0.39 is 16.6 Å². The fraction of sp³-hybridized carbons (Fsp3) is 0. The molecule has 0 aliphatic carbocycles. The number of rotatable bonds is 4. The van der Waals surface area contributed by atoms with Crippen LogP contribution in [-0.2, 0) is 0 Å². The van der Waals surface area contributed by atoms with Gasteiger partial charge in [-0.25, -0.2) is 4.79 Å². The molecule has 0 aromatic heterocycles. The maximum Gasteiger partial charge on any atom is 0.335 e. The predicted octanol–water partition coefficient (Wildman–Crippen LogP) is 3.85. The highest BCUT2D eigenvalue weighted by Gasteiger charge is 2.19. The molecular weight excluding hydrogens is 330 g/mol. The molecule has 2 rings (SSSR count). The van der Waals surface area contributed by atoms with E-state index in [1.165, 1.54) is 12.1 Å². The van der Waals surface area contributed by atoms with Crippen molar-refractivity contribution < 1.29 is 19.6 Å². The monoisotopic (exact) mass is 337 g/mol. The molecule has 0 bridgehead atoms. The van der Waals surface area contributed by atoms with Gasteiger partial charge in [0.15, 0.2) is 0 Å². The van der Waals surface area contributed by atoms with E-state index in [1.54, 1.807) is 24.3 Å². The Morgan fingerprint density at radius 3 is 2.60 bits per heavy atom. The highest BCUT2D eigenvalue weighted by atomic mass is 79.9. The van der Waals surface area contributed by atoms with Gasteiger partial charge in [0.25, 0.3) is 0 Å². The number of carboxylic acid groups (broad SMARTS) is 1. The molecule has 6 nitrogen and oxygen atoms in total. The molecule has 102 valence electrons. The largest absolute Gasteiger partial charge is 0.478 e. The summed E-state index contributed by atoms with van der Waals surface area (Å²) in [5, 5.41) is 19.8. The van der Waals surface area contributed by atoms with Crippen molar-refractivity contribution in [2.75, 3.05) is 0 Å². The van der Waals surface area contributed by atoms with Gasteiger partial charge in [0, 0.05) is 10.5 Å². The van der Waals surface area contributed by atoms with Crippen molar-refractivity contribution in [1.82, 2.24) is 0 Å². The number of nitro groups is 1. The van der Waals surface area contributed by atoms with Gasteiger partial charge in [-0.3, -0.25) is 10.1 Å². The van der Waals surface area contributed by atoms with Gasteiger partial charge in [-0.15, -0.1) is 0 Å². The van der Waals surface area contributed by atoms with E-state index in [9.17, 15) is 14.9 Å². The van der Waals surface area contributed by atoms with Crippen LogP contribution in [0.3, 0.4) is 0 Å². The molecule has 0 saturated heterocycles. The summed E-state index contributed by atoms with van der Waals surface area (Å²) >= 11 is 3.26. The number of ether oxygens (including phenoxy) is 1. The summed E-state index contributed by atoms with van der Waals surface area (Å²) in [5.74, 6) is -0.842. The average molecular weight is 338 g/mol. The van der Waals surface area contributed by atoms with E-state index in [4.69, 9.17) is 9.84 Å². The standard InChI is InChI=1S/C13H8BrNO5/c14-9-2-1-3-10(7-9)20-12-5-4-8(13(16)17)6-11(12)15(18)19/h1-7H,(H,16,17). The number of aromatic carboxylic acids is 1. The first-order chi connectivity index (χ1) is 9.47. The second-order valence-corrected chi connectivity index (χ2v) is 4.72. The van der Waals surface area contributed by atoms with Gasteiger partial charge in [0.1, 0.15) is 5.75 Å². The lowest BCUT2D eigenvalue weighted by atomic mass is 10.2. The highest BCUT2D eigenvalue weighted by Crippen LogP contribution is 2.33. The Balaban J connectivity index is 2.41. The van der Waals surface area contributed by atoms with Crippen LogP contribution < -0.4 is 4.74 Å². The van der Waals surface area contributed by atoms with Gasteiger partial charge < -0.3 is 9.84 Å². The highest BCUT2D eigenvalue weighted by molar-refractivity contribution is 9.10. The minimum atomic E-state index is -1.23. The molecule has 0 aliphatic heterocycles. The summed E-state index contributed by atoms with van der Waals surface area (Å²) < 4.78 is 6.19. The van der Waals surface area contributed by atoms with Crippen LogP contribution in [-0.4, -0.2) is 16.0 Å². The number of hydrogen-bond acceptors (Lipinski definition) is 4. The first-order valence-corrected chi connectivity index (χ1v) is 6.22. The SMILES string of the molecule is O=C(O)c1ccc(Oc2cccc(Br)c2)c([N+](=O)[O-])c1. The van der Waals surface area contributed by atoms with E-state index in [0.717, 1.165) is 10.5 Å². The van der Waals surface area contributed by atoms with Crippen molar-refractivity contribution in [2.24, 2.45) is 0 Å². The smallest absolute Gasteiger partial charge is 0.335 e. The minimum absolute atomic E-state index is 0.0156. The van der Waals surface area contributed by atoms with Crippen LogP contribution >= 0.6 is 15.9 Å². The van der Waals surface area contributed by atoms with Crippen LogP contribution in [0.15, 0.2) is 46.9 Å². The van der Waals surface area contributed by atoms with Gasteiger partial charge in [-0.2, -0.15) is 0 Å². The third kappa shape index (κ3) is 3.12. The molecule has 7 heteroatoms. The average Bonchev–Trinajstić information content (AvgIpc) is 2.38. The van der Waals surface area contributed by atoms with E-state index >= 15 is 0 Å². The number of carboxylic acids is 1. The first kappa shape index (κ1) is 14.0. The lowest BCUT2D eigenvalue weighted by Gasteiger charge is -2.07. The van der Waals surface area contributed by atoms with Crippen molar-refractivity contribution in [3.63, 3.8) is 0 Å². The third-order valence-electron chi connectivity index (χ3n) is 2.43. The summed E-state index contributed by atoms with van der Waals surface area (Å²) in [4.78, 5) is 21.1. The topological polar surface area (TPSA) is 89.7 Å². The van der Waals surface area contributed by atoms with Gasteiger partial charge in [-0.05, 0) is 30.3 Å². The number of nitro benzene ring substituents is 1. The first-order valence-electron chi connectivity index (χ1n) is 5.42. The Morgan fingerprint density at radius 2 is 2.00 bits per heavy atom. The van der Waals surface area contributed by atoms with Crippen molar-refractivity contribution >= 4 is 27.6 Å². The summed E-state index contributed by atoms with van der Waals surface area (Å²) in [6.45, 7) is 0. The van der Waals surface area contributed by atoms with E-state index in [2.05, 4.69) is 15.9 Å². The van der Waals surface area contributed by atoms with Crippen LogP contribution in [0, 0.1) is 10.1 Å². The summed E-state index contributed by atoms with van der Waals surface area (Å²) in [5.41, 5.74) is -0.567. The van der Waals surface area contributed by atoms with E-state index in [0.29, 0.717) is 5.75 Å². The van der Waals surface area contributed by atoms with E-state index in [-0.39, 0.29) is 11.3 Å². The van der Waals surface area contributed by atoms with Gasteiger partial charge in [0.2, 0.25) is 5.75 Å². The molecule has 0 fully saturated rings. The minimum Gasteiger partial charge on any atom is -0.478 e. The zero-order chi connectivity index (χ0) is 14.7. The Kier molecular flexibility index (Phi) is 3.99. The maximum absolute atomic E-state index is 11.0. The van der Waals surface area contributed by atoms with Crippen LogP contribution in [0.4, 0.5) is 5.69 Å². The molecule has 20 heavy (non-hydrogen) atoms. The molecule has 1 N–H and O–H groups in total. The fourth-order valence-electron chi connectivity index (χ4n) is 1.54. The molecule has 0 heterocycles. The van der Waals surface area contributed by atoms with E-state index in [1.807, 2.05) is 0 Å². The normalized spacial score (nSPS) is 10.1. The molecule has 0 radical (unpaired) electrons. The number of carbonyl (C=O) groups is 1. The molecule has 0 aliphatic rings. The lowest BCUT2D eigenvalue weighted by molar-refractivity contribution is -0.385. The zero-order valence-corrected chi connectivity index (χ0v) is 11.5. The van der Waals surface area contributed by atoms with Gasteiger partial charge >= 0.3 is 11.7 Å². The number of hydrogen-bond donors (Lipinski definition) is 1. The number of halogens is 1. The van der Waals surface area contributed by atoms with Crippen molar-refractivity contribution in [3.05, 3.63) is 62.6 Å². The van der Waals surface area contributed by atoms with Crippen molar-refractivity contribution in [3.8, 4) is 11.5 Å². The number of nitrogens with zero attached hydrogens (tertiary/aromatic N) is 1. The van der Waals surface area contributed by atoms with Crippen molar-refractivity contribution in [2.45, 2.75) is 0 Å². The molecule has 2 aromatic rings. The molecule has 0 spiro atoms. The Morgan fingerprint density at radius 1 is 1.25 bits per heavy atom. The molecule has 0 amide bonds. The van der Waals surface area contributed by atoms with Crippen LogP contribution in [0.25, 0.3) is 0 Å². The fourth-order valence-corrected chi connectivity index (χ4v) is 1.92. The predicted molar refractivity (Wildman–Crippen MR) is 74.3 cm³/mol. The summed E-state index contributed by atoms with van der Waals surface area (Å²) in [7, 11) is 0. The quantitative estimate of drug-likeness (QED) is 0.676. The molecular formula is C13H8BrNO5. The molecule has 0 unspecified atom stereocenters. The molecule has 0 atom stereocenters. The van der Waals surface area contributed by atoms with Crippen LogP contribution in [0.2, 0.25) is 0 Å². The Labute approximate surface area is 121 Å². The number of benzene rings is 2. The summed E-state index contributed by atoms with van der Waals surface area (Å²) in [6, 6.07) is 10.3. The van der Waals surface area contributed by atoms with Crippen molar-refractivity contribution in [1.29, 1.82) is 0 Å². The van der Waals surface area contributed by atoms with Crippen LogP contribution in [0.5, 0.6) is 11.5 Å². The van der Waals surface area contributed by atoms with Gasteiger partial charge in [-0.1, -0.05) is 22.0 Å². The van der Waals surface area contributed by atoms with Gasteiger partial charge in [0.05, 0.1) is 10.5 Å². The molecule has 0 saturated carbocycles. The lowest BCUT2D eigenvalue weighted by Crippen LogP contribution is -2.00.